The predicted molar refractivity (Wildman–Crippen MR) is 250 cm³/mol. The van der Waals surface area contributed by atoms with Gasteiger partial charge in [-0.1, -0.05) is 185 Å². The fourth-order valence-corrected chi connectivity index (χ4v) is 7.31. The third-order valence-electron chi connectivity index (χ3n) is 11.1. The summed E-state index contributed by atoms with van der Waals surface area (Å²) >= 11 is 0. The zero-order valence-corrected chi connectivity index (χ0v) is 38.7. The number of ether oxygens (including phenoxy) is 1. The van der Waals surface area contributed by atoms with Gasteiger partial charge >= 0.3 is 11.9 Å². The van der Waals surface area contributed by atoms with Crippen LogP contribution in [0.15, 0.2) is 36.5 Å². The highest BCUT2D eigenvalue weighted by Gasteiger charge is 2.19. The number of aliphatic hydroxyl groups excluding tert-OH is 1. The lowest BCUT2D eigenvalue weighted by molar-refractivity contribution is -0.150. The van der Waals surface area contributed by atoms with Gasteiger partial charge in [0.05, 0.1) is 13.2 Å². The van der Waals surface area contributed by atoms with Crippen LogP contribution >= 0.6 is 0 Å². The van der Waals surface area contributed by atoms with E-state index in [-0.39, 0.29) is 24.5 Å². The van der Waals surface area contributed by atoms with Crippen molar-refractivity contribution in [1.82, 2.24) is 10.6 Å². The highest BCUT2D eigenvalue weighted by Crippen LogP contribution is 2.19. The summed E-state index contributed by atoms with van der Waals surface area (Å²) in [7, 11) is 0. The Morgan fingerprint density at radius 3 is 1.38 bits per heavy atom. The Labute approximate surface area is 367 Å². The maximum Gasteiger partial charge on any atom is 0.328 e. The second kappa shape index (κ2) is 45.6. The molecule has 0 spiro atoms. The van der Waals surface area contributed by atoms with Gasteiger partial charge in [-0.15, -0.1) is 0 Å². The number of nitrogens with one attached hydrogen (secondary N) is 2. The molecular formula is C51H92N2O7. The molecule has 2 atom stereocenters. The van der Waals surface area contributed by atoms with Crippen LogP contribution in [0.3, 0.4) is 0 Å². The Hall–Kier alpha value is -2.94. The van der Waals surface area contributed by atoms with Gasteiger partial charge < -0.3 is 25.6 Å². The molecule has 9 heteroatoms. The first-order valence-corrected chi connectivity index (χ1v) is 24.9. The van der Waals surface area contributed by atoms with Crippen LogP contribution in [0.5, 0.6) is 0 Å². The molecule has 2 unspecified atom stereocenters. The van der Waals surface area contributed by atoms with Crippen molar-refractivity contribution in [2.24, 2.45) is 0 Å². The molecule has 0 rings (SSSR count). The number of carboxylic acid groups (broad SMARTS) is 1. The van der Waals surface area contributed by atoms with Crippen LogP contribution < -0.4 is 10.6 Å². The van der Waals surface area contributed by atoms with Crippen molar-refractivity contribution < 1.29 is 34.1 Å². The largest absolute Gasteiger partial charge is 0.480 e. The van der Waals surface area contributed by atoms with E-state index in [9.17, 15) is 19.2 Å². The number of aliphatic hydroxyl groups is 1. The molecule has 9 nitrogen and oxygen atoms in total. The molecular weight excluding hydrogens is 753 g/mol. The average molecular weight is 845 g/mol. The van der Waals surface area contributed by atoms with E-state index in [1.807, 2.05) is 0 Å². The molecule has 0 saturated carbocycles. The summed E-state index contributed by atoms with van der Waals surface area (Å²) in [5.41, 5.74) is 0. The Bertz CT molecular complexity index is 1110. The summed E-state index contributed by atoms with van der Waals surface area (Å²) in [4.78, 5) is 47.7. The molecule has 0 radical (unpaired) electrons. The minimum Gasteiger partial charge on any atom is -0.480 e. The van der Waals surface area contributed by atoms with Crippen molar-refractivity contribution in [2.75, 3.05) is 13.2 Å². The van der Waals surface area contributed by atoms with Crippen molar-refractivity contribution >= 4 is 23.8 Å². The average Bonchev–Trinajstić information content (AvgIpc) is 3.23. The number of hydrogen-bond acceptors (Lipinski definition) is 6. The quantitative estimate of drug-likeness (QED) is 0.0272. The number of aliphatic carboxylic acids is 1. The summed E-state index contributed by atoms with van der Waals surface area (Å²) in [6.45, 7) is 3.47. The molecule has 348 valence electrons. The van der Waals surface area contributed by atoms with Crippen LogP contribution in [0, 0.1) is 0 Å². The molecule has 0 heterocycles. The Kier molecular flexibility index (Phi) is 43.4. The fourth-order valence-electron chi connectivity index (χ4n) is 7.31. The van der Waals surface area contributed by atoms with Crippen molar-refractivity contribution in [2.45, 2.75) is 251 Å². The third-order valence-corrected chi connectivity index (χ3v) is 11.1. The van der Waals surface area contributed by atoms with Crippen LogP contribution in [0.25, 0.3) is 0 Å². The van der Waals surface area contributed by atoms with Gasteiger partial charge in [-0.3, -0.25) is 14.4 Å². The van der Waals surface area contributed by atoms with E-state index in [0.717, 1.165) is 77.0 Å². The molecule has 0 aliphatic carbocycles. The maximum atomic E-state index is 12.9. The van der Waals surface area contributed by atoms with Crippen molar-refractivity contribution in [1.29, 1.82) is 0 Å². The molecule has 0 aliphatic heterocycles. The zero-order valence-electron chi connectivity index (χ0n) is 38.7. The molecule has 0 fully saturated rings. The second-order valence-corrected chi connectivity index (χ2v) is 16.9. The van der Waals surface area contributed by atoms with E-state index in [2.05, 4.69) is 60.9 Å². The van der Waals surface area contributed by atoms with Gasteiger partial charge in [0.25, 0.3) is 0 Å². The topological polar surface area (TPSA) is 142 Å². The number of esters is 1. The first-order valence-electron chi connectivity index (χ1n) is 24.9. The second-order valence-electron chi connectivity index (χ2n) is 16.9. The summed E-state index contributed by atoms with van der Waals surface area (Å²) in [6.07, 6.45) is 53.1. The van der Waals surface area contributed by atoms with E-state index < -0.39 is 24.5 Å². The Balaban J connectivity index is 4.31. The van der Waals surface area contributed by atoms with Crippen LogP contribution in [0.2, 0.25) is 0 Å². The SMILES string of the molecule is CCCCC/C=C\C/C=C\C/C=C\CCCCCCCCC(=O)OC(CCCCCCCCCCCCCCC)CCCCCCCC(=O)NCC(=O)NC(CO)C(=O)O. The standard InChI is InChI=1S/C51H92N2O7/c1-3-5-7-9-11-13-15-17-18-19-20-21-22-24-26-28-30-35-39-43-50(57)60-46(40-36-32-29-27-25-23-16-14-12-10-8-6-4-2)41-37-33-31-34-38-42-48(55)52-44-49(56)53-47(45-54)51(58)59/h11,13,17-18,20-21,46-47,54H,3-10,12,14-16,19,22-45H2,1-2H3,(H,52,55)(H,53,56)(H,58,59)/b13-11-,18-17-,21-20-. The number of carbonyl (C=O) groups excluding carboxylic acids is 3. The van der Waals surface area contributed by atoms with E-state index in [0.29, 0.717) is 19.3 Å². The third kappa shape index (κ3) is 41.8. The van der Waals surface area contributed by atoms with Crippen LogP contribution in [-0.2, 0) is 23.9 Å². The molecule has 0 saturated heterocycles. The molecule has 2 amide bonds. The van der Waals surface area contributed by atoms with E-state index in [1.54, 1.807) is 0 Å². The number of hydrogen-bond donors (Lipinski definition) is 4. The van der Waals surface area contributed by atoms with Crippen LogP contribution in [0.4, 0.5) is 0 Å². The molecule has 4 N–H and O–H groups in total. The molecule has 0 bridgehead atoms. The minimum absolute atomic E-state index is 0.0191. The van der Waals surface area contributed by atoms with Gasteiger partial charge in [0.15, 0.2) is 0 Å². The van der Waals surface area contributed by atoms with Gasteiger partial charge in [-0.2, -0.15) is 0 Å². The predicted octanol–water partition coefficient (Wildman–Crippen LogP) is 12.9. The molecule has 0 aromatic carbocycles. The van der Waals surface area contributed by atoms with E-state index in [4.69, 9.17) is 14.9 Å². The van der Waals surface area contributed by atoms with Crippen molar-refractivity contribution in [3.8, 4) is 0 Å². The normalized spacial score (nSPS) is 12.7. The fraction of sp³-hybridized carbons (Fsp3) is 0.804. The highest BCUT2D eigenvalue weighted by molar-refractivity contribution is 5.87. The van der Waals surface area contributed by atoms with Crippen LogP contribution in [-0.4, -0.2) is 59.3 Å². The molecule has 0 aliphatic rings. The molecule has 0 aromatic rings. The van der Waals surface area contributed by atoms with Gasteiger partial charge in [-0.05, 0) is 77.0 Å². The van der Waals surface area contributed by atoms with Gasteiger partial charge in [-0.25, -0.2) is 4.79 Å². The summed E-state index contributed by atoms with van der Waals surface area (Å²) in [5.74, 6) is -2.29. The number of allylic oxidation sites excluding steroid dienone is 6. The number of carboxylic acids is 1. The van der Waals surface area contributed by atoms with Gasteiger partial charge in [0.1, 0.15) is 12.1 Å². The number of carbonyl (C=O) groups is 4. The lowest BCUT2D eigenvalue weighted by atomic mass is 10.0. The van der Waals surface area contributed by atoms with Gasteiger partial charge in [0, 0.05) is 12.8 Å². The molecule has 0 aromatic heterocycles. The Morgan fingerprint density at radius 1 is 0.500 bits per heavy atom. The number of rotatable bonds is 45. The van der Waals surface area contributed by atoms with E-state index >= 15 is 0 Å². The summed E-state index contributed by atoms with van der Waals surface area (Å²) in [5, 5.41) is 22.6. The van der Waals surface area contributed by atoms with Gasteiger partial charge in [0.2, 0.25) is 11.8 Å². The first kappa shape index (κ1) is 57.1. The lowest BCUT2D eigenvalue weighted by Gasteiger charge is -2.18. The van der Waals surface area contributed by atoms with Crippen LogP contribution in [0.1, 0.15) is 239 Å². The Morgan fingerprint density at radius 2 is 0.900 bits per heavy atom. The monoisotopic (exact) mass is 845 g/mol. The zero-order chi connectivity index (χ0) is 44.0. The molecule has 60 heavy (non-hydrogen) atoms. The lowest BCUT2D eigenvalue weighted by Crippen LogP contribution is -2.47. The maximum absolute atomic E-state index is 12.9. The summed E-state index contributed by atoms with van der Waals surface area (Å²) in [6, 6.07) is -1.38. The minimum atomic E-state index is -1.38. The summed E-state index contributed by atoms with van der Waals surface area (Å²) < 4.78 is 6.06. The number of unbranched alkanes of at least 4 members (excludes halogenated alkanes) is 25. The van der Waals surface area contributed by atoms with E-state index in [1.165, 1.54) is 128 Å². The number of amides is 2. The first-order chi connectivity index (χ1) is 29.3. The van der Waals surface area contributed by atoms with Crippen molar-refractivity contribution in [3.05, 3.63) is 36.5 Å². The van der Waals surface area contributed by atoms with Crippen molar-refractivity contribution in [3.63, 3.8) is 0 Å². The smallest absolute Gasteiger partial charge is 0.328 e. The highest BCUT2D eigenvalue weighted by atomic mass is 16.5.